The summed E-state index contributed by atoms with van der Waals surface area (Å²) in [5.74, 6) is 0.314. The molecular weight excluding hydrogens is 290 g/mol. The predicted molar refractivity (Wildman–Crippen MR) is 88.1 cm³/mol. The highest BCUT2D eigenvalue weighted by Crippen LogP contribution is 2.26. The summed E-state index contributed by atoms with van der Waals surface area (Å²) in [6.07, 6.45) is 5.38. The van der Waals surface area contributed by atoms with Crippen LogP contribution in [-0.2, 0) is 6.54 Å². The van der Waals surface area contributed by atoms with Crippen LogP contribution in [0.15, 0.2) is 67.3 Å². The van der Waals surface area contributed by atoms with Crippen LogP contribution in [0.4, 0.5) is 0 Å². The summed E-state index contributed by atoms with van der Waals surface area (Å²) in [4.78, 5) is 15.6. The number of aromatic nitrogens is 2. The van der Waals surface area contributed by atoms with E-state index < -0.39 is 5.91 Å². The van der Waals surface area contributed by atoms with Gasteiger partial charge in [-0.3, -0.25) is 4.79 Å². The first kappa shape index (κ1) is 14.8. The van der Waals surface area contributed by atoms with Crippen LogP contribution in [0.3, 0.4) is 0 Å². The molecule has 0 atom stereocenters. The summed E-state index contributed by atoms with van der Waals surface area (Å²) >= 11 is 0. The van der Waals surface area contributed by atoms with Gasteiger partial charge in [0.25, 0.3) is 0 Å². The SMILES string of the molecule is NC(=O)c1ccccc1-c1cccc(OCCn2ccnc2)c1. The van der Waals surface area contributed by atoms with Gasteiger partial charge in [-0.05, 0) is 29.3 Å². The molecular formula is C18H17N3O2. The highest BCUT2D eigenvalue weighted by Gasteiger charge is 2.09. The summed E-state index contributed by atoms with van der Waals surface area (Å²) in [5.41, 5.74) is 7.66. The number of rotatable bonds is 6. The molecule has 0 fully saturated rings. The van der Waals surface area contributed by atoms with Crippen molar-refractivity contribution in [3.05, 3.63) is 72.8 Å². The van der Waals surface area contributed by atoms with Crippen LogP contribution in [0.2, 0.25) is 0 Å². The fourth-order valence-corrected chi connectivity index (χ4v) is 2.39. The third kappa shape index (κ3) is 3.58. The molecule has 0 bridgehead atoms. The number of imidazole rings is 1. The van der Waals surface area contributed by atoms with Gasteiger partial charge in [0.15, 0.2) is 0 Å². The molecule has 1 heterocycles. The maximum absolute atomic E-state index is 11.6. The van der Waals surface area contributed by atoms with E-state index in [0.29, 0.717) is 12.2 Å². The smallest absolute Gasteiger partial charge is 0.249 e. The zero-order valence-electron chi connectivity index (χ0n) is 12.6. The van der Waals surface area contributed by atoms with Crippen LogP contribution in [0, 0.1) is 0 Å². The van der Waals surface area contributed by atoms with Crippen molar-refractivity contribution < 1.29 is 9.53 Å². The maximum atomic E-state index is 11.6. The molecule has 3 rings (SSSR count). The largest absolute Gasteiger partial charge is 0.492 e. The van der Waals surface area contributed by atoms with Gasteiger partial charge in [-0.15, -0.1) is 0 Å². The van der Waals surface area contributed by atoms with E-state index in [-0.39, 0.29) is 0 Å². The van der Waals surface area contributed by atoms with E-state index in [0.717, 1.165) is 23.4 Å². The Kier molecular flexibility index (Phi) is 4.38. The monoisotopic (exact) mass is 307 g/mol. The number of carbonyl (C=O) groups is 1. The molecule has 2 N–H and O–H groups in total. The number of amides is 1. The van der Waals surface area contributed by atoms with Crippen LogP contribution >= 0.6 is 0 Å². The Bertz CT molecular complexity index is 798. The van der Waals surface area contributed by atoms with Crippen molar-refractivity contribution in [2.45, 2.75) is 6.54 Å². The van der Waals surface area contributed by atoms with Gasteiger partial charge in [0.05, 0.1) is 12.9 Å². The molecule has 0 saturated heterocycles. The van der Waals surface area contributed by atoms with Gasteiger partial charge < -0.3 is 15.0 Å². The number of hydrogen-bond donors (Lipinski definition) is 1. The lowest BCUT2D eigenvalue weighted by Crippen LogP contribution is -2.12. The van der Waals surface area contributed by atoms with Crippen molar-refractivity contribution in [1.82, 2.24) is 9.55 Å². The quantitative estimate of drug-likeness (QED) is 0.761. The Morgan fingerprint density at radius 3 is 2.83 bits per heavy atom. The minimum Gasteiger partial charge on any atom is -0.492 e. The van der Waals surface area contributed by atoms with E-state index in [4.69, 9.17) is 10.5 Å². The second kappa shape index (κ2) is 6.79. The van der Waals surface area contributed by atoms with E-state index in [9.17, 15) is 4.79 Å². The Labute approximate surface area is 134 Å². The van der Waals surface area contributed by atoms with Crippen molar-refractivity contribution in [1.29, 1.82) is 0 Å². The van der Waals surface area contributed by atoms with Crippen LogP contribution < -0.4 is 10.5 Å². The average Bonchev–Trinajstić information content (AvgIpc) is 3.08. The van der Waals surface area contributed by atoms with Crippen molar-refractivity contribution in [3.8, 4) is 16.9 Å². The fourth-order valence-electron chi connectivity index (χ4n) is 2.39. The summed E-state index contributed by atoms with van der Waals surface area (Å²) < 4.78 is 7.73. The van der Waals surface area contributed by atoms with E-state index in [1.807, 2.05) is 47.2 Å². The lowest BCUT2D eigenvalue weighted by atomic mass is 9.99. The molecule has 0 aliphatic rings. The standard InChI is InChI=1S/C18H17N3O2/c19-18(22)17-7-2-1-6-16(17)14-4-3-5-15(12-14)23-11-10-21-9-8-20-13-21/h1-9,12-13H,10-11H2,(H2,19,22). The molecule has 0 aliphatic heterocycles. The van der Waals surface area contributed by atoms with Crippen molar-refractivity contribution in [2.24, 2.45) is 5.73 Å². The van der Waals surface area contributed by atoms with Crippen molar-refractivity contribution in [2.75, 3.05) is 6.61 Å². The van der Waals surface area contributed by atoms with Gasteiger partial charge in [-0.2, -0.15) is 0 Å². The number of nitrogens with zero attached hydrogens (tertiary/aromatic N) is 2. The number of carbonyl (C=O) groups excluding carboxylic acids is 1. The lowest BCUT2D eigenvalue weighted by molar-refractivity contribution is 0.100. The highest BCUT2D eigenvalue weighted by molar-refractivity contribution is 5.99. The topological polar surface area (TPSA) is 70.1 Å². The molecule has 0 unspecified atom stereocenters. The molecule has 0 radical (unpaired) electrons. The third-order valence-electron chi connectivity index (χ3n) is 3.51. The Balaban J connectivity index is 1.76. The molecule has 0 aliphatic carbocycles. The van der Waals surface area contributed by atoms with Gasteiger partial charge >= 0.3 is 0 Å². The minimum absolute atomic E-state index is 0.438. The third-order valence-corrected chi connectivity index (χ3v) is 3.51. The minimum atomic E-state index is -0.438. The molecule has 23 heavy (non-hydrogen) atoms. The van der Waals surface area contributed by atoms with Gasteiger partial charge in [0.1, 0.15) is 12.4 Å². The summed E-state index contributed by atoms with van der Waals surface area (Å²) in [7, 11) is 0. The lowest BCUT2D eigenvalue weighted by Gasteiger charge is -2.10. The Morgan fingerprint density at radius 1 is 1.17 bits per heavy atom. The molecule has 116 valence electrons. The van der Waals surface area contributed by atoms with E-state index in [2.05, 4.69) is 4.98 Å². The maximum Gasteiger partial charge on any atom is 0.249 e. The first-order valence-electron chi connectivity index (χ1n) is 7.32. The molecule has 2 aromatic carbocycles. The van der Waals surface area contributed by atoms with Gasteiger partial charge in [-0.25, -0.2) is 4.98 Å². The Hall–Kier alpha value is -3.08. The zero-order valence-corrected chi connectivity index (χ0v) is 12.6. The second-order valence-electron chi connectivity index (χ2n) is 5.09. The normalized spacial score (nSPS) is 10.4. The van der Waals surface area contributed by atoms with Gasteiger partial charge in [0, 0.05) is 18.0 Å². The average molecular weight is 307 g/mol. The van der Waals surface area contributed by atoms with E-state index in [1.54, 1.807) is 24.7 Å². The van der Waals surface area contributed by atoms with E-state index in [1.165, 1.54) is 0 Å². The first-order valence-corrected chi connectivity index (χ1v) is 7.32. The number of ether oxygens (including phenoxy) is 1. The van der Waals surface area contributed by atoms with Crippen molar-refractivity contribution in [3.63, 3.8) is 0 Å². The van der Waals surface area contributed by atoms with Gasteiger partial charge in [0.2, 0.25) is 5.91 Å². The zero-order chi connectivity index (χ0) is 16.1. The molecule has 1 aromatic heterocycles. The Morgan fingerprint density at radius 2 is 2.04 bits per heavy atom. The molecule has 5 heteroatoms. The van der Waals surface area contributed by atoms with Crippen LogP contribution in [0.1, 0.15) is 10.4 Å². The van der Waals surface area contributed by atoms with Gasteiger partial charge in [-0.1, -0.05) is 30.3 Å². The van der Waals surface area contributed by atoms with Crippen molar-refractivity contribution >= 4 is 5.91 Å². The molecule has 1 amide bonds. The number of primary amides is 1. The fraction of sp³-hybridized carbons (Fsp3) is 0.111. The first-order chi connectivity index (χ1) is 11.2. The summed E-state index contributed by atoms with van der Waals surface area (Å²) in [6, 6.07) is 14.9. The highest BCUT2D eigenvalue weighted by atomic mass is 16.5. The number of benzene rings is 2. The molecule has 0 spiro atoms. The van der Waals surface area contributed by atoms with Crippen LogP contribution in [0.25, 0.3) is 11.1 Å². The van der Waals surface area contributed by atoms with Crippen LogP contribution in [0.5, 0.6) is 5.75 Å². The predicted octanol–water partition coefficient (Wildman–Crippen LogP) is 2.73. The number of nitrogens with two attached hydrogens (primary N) is 1. The molecule has 3 aromatic rings. The van der Waals surface area contributed by atoms with E-state index >= 15 is 0 Å². The summed E-state index contributed by atoms with van der Waals surface area (Å²) in [6.45, 7) is 1.26. The summed E-state index contributed by atoms with van der Waals surface area (Å²) in [5, 5.41) is 0. The molecule has 0 saturated carbocycles. The van der Waals surface area contributed by atoms with Crippen LogP contribution in [-0.4, -0.2) is 22.1 Å². The second-order valence-corrected chi connectivity index (χ2v) is 5.09. The number of hydrogen-bond acceptors (Lipinski definition) is 3. The molecule has 5 nitrogen and oxygen atoms in total.